The maximum atomic E-state index is 5.78. The highest BCUT2D eigenvalue weighted by Gasteiger charge is 2.02. The van der Waals surface area contributed by atoms with Crippen LogP contribution >= 0.6 is 0 Å². The van der Waals surface area contributed by atoms with Crippen molar-refractivity contribution in [2.45, 2.75) is 59.3 Å². The van der Waals surface area contributed by atoms with E-state index < -0.39 is 0 Å². The van der Waals surface area contributed by atoms with Crippen molar-refractivity contribution in [2.75, 3.05) is 38.1 Å². The average Bonchev–Trinajstić information content (AvgIpc) is 2.56. The Hall–Kier alpha value is -1.22. The Balaban J connectivity index is 2.22. The second-order valence-corrected chi connectivity index (χ2v) is 6.20. The largest absolute Gasteiger partial charge is 0.494 e. The summed E-state index contributed by atoms with van der Waals surface area (Å²) in [5, 5.41) is 3.51. The minimum Gasteiger partial charge on any atom is -0.494 e. The maximum Gasteiger partial charge on any atom is 0.119 e. The van der Waals surface area contributed by atoms with Crippen LogP contribution < -0.4 is 10.1 Å². The Morgan fingerprint density at radius 2 is 1.52 bits per heavy atom. The number of nitrogens with one attached hydrogen (secondary N) is 1. The molecule has 1 rings (SSSR count). The van der Waals surface area contributed by atoms with E-state index in [4.69, 9.17) is 4.74 Å². The van der Waals surface area contributed by atoms with Gasteiger partial charge in [-0.3, -0.25) is 0 Å². The molecule has 0 spiro atoms. The predicted molar refractivity (Wildman–Crippen MR) is 102 cm³/mol. The molecule has 1 aromatic carbocycles. The van der Waals surface area contributed by atoms with Crippen molar-refractivity contribution in [3.63, 3.8) is 0 Å². The van der Waals surface area contributed by atoms with Gasteiger partial charge >= 0.3 is 0 Å². The average molecular weight is 321 g/mol. The van der Waals surface area contributed by atoms with Crippen molar-refractivity contribution in [1.82, 2.24) is 4.90 Å². The van der Waals surface area contributed by atoms with Crippen molar-refractivity contribution < 1.29 is 4.74 Å². The van der Waals surface area contributed by atoms with Gasteiger partial charge in [-0.25, -0.2) is 0 Å². The lowest BCUT2D eigenvalue weighted by Crippen LogP contribution is -2.30. The SMILES string of the molecule is CCCCCCOc1ccc(NCCN(CCC)CCC)cc1. The molecule has 132 valence electrons. The topological polar surface area (TPSA) is 24.5 Å². The molecule has 0 atom stereocenters. The van der Waals surface area contributed by atoms with E-state index in [1.165, 1.54) is 50.9 Å². The zero-order valence-electron chi connectivity index (χ0n) is 15.4. The summed E-state index contributed by atoms with van der Waals surface area (Å²) in [4.78, 5) is 2.53. The smallest absolute Gasteiger partial charge is 0.119 e. The summed E-state index contributed by atoms with van der Waals surface area (Å²) in [6.07, 6.45) is 7.45. The second kappa shape index (κ2) is 13.2. The lowest BCUT2D eigenvalue weighted by Gasteiger charge is -2.21. The van der Waals surface area contributed by atoms with Crippen LogP contribution in [0.4, 0.5) is 5.69 Å². The van der Waals surface area contributed by atoms with Crippen LogP contribution in [-0.2, 0) is 0 Å². The molecular formula is C20H36N2O. The predicted octanol–water partition coefficient (Wildman–Crippen LogP) is 5.18. The van der Waals surface area contributed by atoms with Crippen molar-refractivity contribution in [3.05, 3.63) is 24.3 Å². The summed E-state index contributed by atoms with van der Waals surface area (Å²) in [7, 11) is 0. The molecule has 0 radical (unpaired) electrons. The van der Waals surface area contributed by atoms with Gasteiger partial charge in [-0.2, -0.15) is 0 Å². The second-order valence-electron chi connectivity index (χ2n) is 6.20. The van der Waals surface area contributed by atoms with Crippen LogP contribution in [0.1, 0.15) is 59.3 Å². The summed E-state index contributed by atoms with van der Waals surface area (Å²) in [6, 6.07) is 8.37. The summed E-state index contributed by atoms with van der Waals surface area (Å²) < 4.78 is 5.78. The number of hydrogen-bond donors (Lipinski definition) is 1. The fourth-order valence-corrected chi connectivity index (χ4v) is 2.71. The number of rotatable bonds is 14. The van der Waals surface area contributed by atoms with Crippen LogP contribution in [0.25, 0.3) is 0 Å². The standard InChI is InChI=1S/C20H36N2O/c1-4-7-8-9-18-23-20-12-10-19(11-13-20)21-14-17-22(15-5-2)16-6-3/h10-13,21H,4-9,14-18H2,1-3H3. The van der Waals surface area contributed by atoms with E-state index in [1.807, 2.05) is 0 Å². The van der Waals surface area contributed by atoms with Crippen LogP contribution in [0.5, 0.6) is 5.75 Å². The Labute approximate surface area is 143 Å². The van der Waals surface area contributed by atoms with Crippen LogP contribution in [0.2, 0.25) is 0 Å². The van der Waals surface area contributed by atoms with Gasteiger partial charge in [0.25, 0.3) is 0 Å². The molecule has 1 aromatic rings. The number of anilines is 1. The molecule has 0 saturated carbocycles. The van der Waals surface area contributed by atoms with Gasteiger partial charge in [0, 0.05) is 18.8 Å². The van der Waals surface area contributed by atoms with Gasteiger partial charge in [-0.05, 0) is 56.6 Å². The summed E-state index contributed by atoms with van der Waals surface area (Å²) in [6.45, 7) is 12.1. The molecule has 0 aliphatic heterocycles. The van der Waals surface area contributed by atoms with Crippen LogP contribution in [-0.4, -0.2) is 37.7 Å². The minimum atomic E-state index is 0.829. The van der Waals surface area contributed by atoms with Crippen molar-refractivity contribution in [2.24, 2.45) is 0 Å². The van der Waals surface area contributed by atoms with Crippen LogP contribution in [0.3, 0.4) is 0 Å². The third kappa shape index (κ3) is 9.50. The lowest BCUT2D eigenvalue weighted by atomic mass is 10.2. The third-order valence-corrected chi connectivity index (χ3v) is 3.96. The van der Waals surface area contributed by atoms with Gasteiger partial charge in [0.05, 0.1) is 6.61 Å². The van der Waals surface area contributed by atoms with Gasteiger partial charge in [0.1, 0.15) is 5.75 Å². The molecule has 0 unspecified atom stereocenters. The number of hydrogen-bond acceptors (Lipinski definition) is 3. The molecule has 1 N–H and O–H groups in total. The molecule has 0 aliphatic rings. The molecule has 0 heterocycles. The van der Waals surface area contributed by atoms with Crippen LogP contribution in [0, 0.1) is 0 Å². The molecule has 0 saturated heterocycles. The molecule has 3 heteroatoms. The molecule has 23 heavy (non-hydrogen) atoms. The van der Waals surface area contributed by atoms with Crippen LogP contribution in [0.15, 0.2) is 24.3 Å². The molecule has 0 fully saturated rings. The Bertz CT molecular complexity index is 372. The van der Waals surface area contributed by atoms with E-state index in [-0.39, 0.29) is 0 Å². The molecule has 0 amide bonds. The van der Waals surface area contributed by atoms with E-state index in [0.29, 0.717) is 0 Å². The zero-order chi connectivity index (χ0) is 16.8. The number of benzene rings is 1. The monoisotopic (exact) mass is 320 g/mol. The third-order valence-electron chi connectivity index (χ3n) is 3.96. The van der Waals surface area contributed by atoms with Gasteiger partial charge in [0.15, 0.2) is 0 Å². The first kappa shape index (κ1) is 19.8. The first-order valence-corrected chi connectivity index (χ1v) is 9.49. The quantitative estimate of drug-likeness (QED) is 0.478. The highest BCUT2D eigenvalue weighted by Crippen LogP contribution is 2.16. The van der Waals surface area contributed by atoms with E-state index in [1.54, 1.807) is 0 Å². The first-order chi connectivity index (χ1) is 11.3. The molecule has 3 nitrogen and oxygen atoms in total. The lowest BCUT2D eigenvalue weighted by molar-refractivity contribution is 0.285. The van der Waals surface area contributed by atoms with Crippen molar-refractivity contribution in [1.29, 1.82) is 0 Å². The molecular weight excluding hydrogens is 284 g/mol. The Kier molecular flexibility index (Phi) is 11.4. The number of ether oxygens (including phenoxy) is 1. The van der Waals surface area contributed by atoms with Gasteiger partial charge in [-0.15, -0.1) is 0 Å². The molecule has 0 bridgehead atoms. The summed E-state index contributed by atoms with van der Waals surface area (Å²) in [5.41, 5.74) is 1.18. The Morgan fingerprint density at radius 1 is 0.826 bits per heavy atom. The summed E-state index contributed by atoms with van der Waals surface area (Å²) >= 11 is 0. The summed E-state index contributed by atoms with van der Waals surface area (Å²) in [5.74, 6) is 0.977. The number of nitrogens with zero attached hydrogens (tertiary/aromatic N) is 1. The zero-order valence-corrected chi connectivity index (χ0v) is 15.4. The highest BCUT2D eigenvalue weighted by atomic mass is 16.5. The van der Waals surface area contributed by atoms with E-state index in [9.17, 15) is 0 Å². The van der Waals surface area contributed by atoms with Crippen molar-refractivity contribution in [3.8, 4) is 5.75 Å². The van der Waals surface area contributed by atoms with E-state index >= 15 is 0 Å². The maximum absolute atomic E-state index is 5.78. The van der Waals surface area contributed by atoms with Gasteiger partial charge < -0.3 is 15.0 Å². The van der Waals surface area contributed by atoms with Crippen molar-refractivity contribution >= 4 is 5.69 Å². The minimum absolute atomic E-state index is 0.829. The molecule has 0 aliphatic carbocycles. The first-order valence-electron chi connectivity index (χ1n) is 9.49. The fraction of sp³-hybridized carbons (Fsp3) is 0.700. The number of unbranched alkanes of at least 4 members (excludes halogenated alkanes) is 3. The van der Waals surface area contributed by atoms with E-state index in [2.05, 4.69) is 55.3 Å². The van der Waals surface area contributed by atoms with Gasteiger partial charge in [-0.1, -0.05) is 40.0 Å². The fourth-order valence-electron chi connectivity index (χ4n) is 2.71. The Morgan fingerprint density at radius 3 is 2.13 bits per heavy atom. The van der Waals surface area contributed by atoms with E-state index in [0.717, 1.165) is 31.9 Å². The van der Waals surface area contributed by atoms with Gasteiger partial charge in [0.2, 0.25) is 0 Å². The normalized spacial score (nSPS) is 11.0. The highest BCUT2D eigenvalue weighted by molar-refractivity contribution is 5.46. The molecule has 0 aromatic heterocycles.